The van der Waals surface area contributed by atoms with Crippen molar-refractivity contribution in [3.63, 3.8) is 0 Å². The quantitative estimate of drug-likeness (QED) is 0.796. The molecule has 0 spiro atoms. The second kappa shape index (κ2) is 5.48. The van der Waals surface area contributed by atoms with Gasteiger partial charge in [0.1, 0.15) is 5.82 Å². The Morgan fingerprint density at radius 1 is 1.30 bits per heavy atom. The Morgan fingerprint density at radius 2 is 1.95 bits per heavy atom. The van der Waals surface area contributed by atoms with Crippen molar-refractivity contribution >= 4 is 17.7 Å². The van der Waals surface area contributed by atoms with Crippen LogP contribution in [0.1, 0.15) is 43.0 Å². The van der Waals surface area contributed by atoms with Gasteiger partial charge in [0.05, 0.1) is 11.3 Å². The van der Waals surface area contributed by atoms with Crippen LogP contribution in [0.2, 0.25) is 0 Å². The van der Waals surface area contributed by atoms with Gasteiger partial charge in [-0.2, -0.15) is 0 Å². The van der Waals surface area contributed by atoms with Crippen LogP contribution in [0.5, 0.6) is 0 Å². The highest BCUT2D eigenvalue weighted by Gasteiger charge is 2.30. The van der Waals surface area contributed by atoms with Gasteiger partial charge in [0.2, 0.25) is 0 Å². The number of benzene rings is 1. The molecule has 1 fully saturated rings. The van der Waals surface area contributed by atoms with Gasteiger partial charge in [0, 0.05) is 5.54 Å². The third-order valence-corrected chi connectivity index (χ3v) is 3.60. The van der Waals surface area contributed by atoms with Crippen LogP contribution in [-0.2, 0) is 0 Å². The normalized spacial score (nSPS) is 16.7. The summed E-state index contributed by atoms with van der Waals surface area (Å²) in [4.78, 5) is 22.9. The summed E-state index contributed by atoms with van der Waals surface area (Å²) >= 11 is 0. The van der Waals surface area contributed by atoms with Gasteiger partial charge in [-0.05, 0) is 31.9 Å². The van der Waals surface area contributed by atoms with Crippen LogP contribution in [0.4, 0.5) is 14.9 Å². The van der Waals surface area contributed by atoms with Crippen LogP contribution in [0.3, 0.4) is 0 Å². The summed E-state index contributed by atoms with van der Waals surface area (Å²) in [6, 6.07) is 3.07. The zero-order valence-corrected chi connectivity index (χ0v) is 11.2. The maximum Gasteiger partial charge on any atom is 0.337 e. The highest BCUT2D eigenvalue weighted by molar-refractivity contribution is 6.00. The van der Waals surface area contributed by atoms with Gasteiger partial charge >= 0.3 is 12.0 Å². The van der Waals surface area contributed by atoms with E-state index in [2.05, 4.69) is 10.6 Å². The van der Waals surface area contributed by atoms with E-state index in [0.29, 0.717) is 0 Å². The molecule has 2 rings (SSSR count). The first-order valence-electron chi connectivity index (χ1n) is 6.52. The monoisotopic (exact) mass is 280 g/mol. The van der Waals surface area contributed by atoms with Gasteiger partial charge in [-0.3, -0.25) is 0 Å². The van der Waals surface area contributed by atoms with E-state index in [1.807, 2.05) is 6.92 Å². The molecule has 1 aromatic carbocycles. The fourth-order valence-corrected chi connectivity index (χ4v) is 2.53. The van der Waals surface area contributed by atoms with E-state index in [4.69, 9.17) is 5.11 Å². The Morgan fingerprint density at radius 3 is 2.55 bits per heavy atom. The summed E-state index contributed by atoms with van der Waals surface area (Å²) in [7, 11) is 0. The van der Waals surface area contributed by atoms with Crippen molar-refractivity contribution in [2.24, 2.45) is 0 Å². The lowest BCUT2D eigenvalue weighted by Crippen LogP contribution is -2.46. The summed E-state index contributed by atoms with van der Waals surface area (Å²) in [6.07, 6.45) is 3.81. The van der Waals surface area contributed by atoms with Crippen molar-refractivity contribution in [1.82, 2.24) is 5.32 Å². The number of urea groups is 1. The number of amides is 2. The number of hydrogen-bond acceptors (Lipinski definition) is 2. The first kappa shape index (κ1) is 14.3. The lowest BCUT2D eigenvalue weighted by atomic mass is 10.0. The third kappa shape index (κ3) is 3.07. The van der Waals surface area contributed by atoms with Crippen LogP contribution >= 0.6 is 0 Å². The molecule has 1 aliphatic rings. The summed E-state index contributed by atoms with van der Waals surface area (Å²) in [5.74, 6) is -2.05. The molecule has 5 nitrogen and oxygen atoms in total. The Bertz CT molecular complexity index is 539. The number of nitrogens with one attached hydrogen (secondary N) is 2. The number of carbonyl (C=O) groups excluding carboxylic acids is 1. The Hall–Kier alpha value is -2.11. The van der Waals surface area contributed by atoms with Crippen LogP contribution in [-0.4, -0.2) is 22.6 Å². The van der Waals surface area contributed by atoms with E-state index in [1.165, 1.54) is 12.1 Å². The van der Waals surface area contributed by atoms with Crippen LogP contribution in [0, 0.1) is 5.82 Å². The lowest BCUT2D eigenvalue weighted by molar-refractivity contribution is 0.0697. The topological polar surface area (TPSA) is 78.4 Å². The number of aromatic carboxylic acids is 1. The van der Waals surface area contributed by atoms with Crippen molar-refractivity contribution < 1.29 is 19.1 Å². The molecular formula is C14H17FN2O3. The van der Waals surface area contributed by atoms with E-state index in [-0.39, 0.29) is 16.8 Å². The molecule has 6 heteroatoms. The zero-order chi connectivity index (χ0) is 14.8. The number of carboxylic acid groups (broad SMARTS) is 1. The van der Waals surface area contributed by atoms with E-state index in [9.17, 15) is 14.0 Å². The fourth-order valence-electron chi connectivity index (χ4n) is 2.53. The van der Waals surface area contributed by atoms with Crippen LogP contribution < -0.4 is 10.6 Å². The van der Waals surface area contributed by atoms with Gasteiger partial charge in [-0.1, -0.05) is 18.9 Å². The molecule has 1 aliphatic carbocycles. The first-order chi connectivity index (χ1) is 9.41. The summed E-state index contributed by atoms with van der Waals surface area (Å²) in [5.41, 5.74) is -0.880. The Balaban J connectivity index is 2.13. The van der Waals surface area contributed by atoms with Crippen LogP contribution in [0.25, 0.3) is 0 Å². The van der Waals surface area contributed by atoms with Crippen molar-refractivity contribution in [3.8, 4) is 0 Å². The minimum atomic E-state index is -1.29. The van der Waals surface area contributed by atoms with Crippen molar-refractivity contribution in [2.75, 3.05) is 5.32 Å². The van der Waals surface area contributed by atoms with Gasteiger partial charge in [0.25, 0.3) is 0 Å². The molecule has 0 saturated heterocycles. The van der Waals surface area contributed by atoms with E-state index >= 15 is 0 Å². The van der Waals surface area contributed by atoms with Crippen molar-refractivity contribution in [2.45, 2.75) is 38.1 Å². The summed E-state index contributed by atoms with van der Waals surface area (Å²) in [6.45, 7) is 1.93. The molecule has 0 atom stereocenters. The van der Waals surface area contributed by atoms with E-state index in [0.717, 1.165) is 31.7 Å². The minimum Gasteiger partial charge on any atom is -0.478 e. The second-order valence-corrected chi connectivity index (χ2v) is 5.31. The number of rotatable bonds is 3. The molecule has 20 heavy (non-hydrogen) atoms. The number of carbonyl (C=O) groups is 2. The maximum atomic E-state index is 13.7. The smallest absolute Gasteiger partial charge is 0.337 e. The number of anilines is 1. The van der Waals surface area contributed by atoms with Gasteiger partial charge in [-0.15, -0.1) is 0 Å². The molecule has 0 aromatic heterocycles. The second-order valence-electron chi connectivity index (χ2n) is 5.31. The molecule has 2 amide bonds. The Labute approximate surface area is 116 Å². The third-order valence-electron chi connectivity index (χ3n) is 3.60. The number of para-hydroxylation sites is 1. The molecule has 0 unspecified atom stereocenters. The van der Waals surface area contributed by atoms with Gasteiger partial charge in [0.15, 0.2) is 0 Å². The number of halogens is 1. The molecule has 0 aliphatic heterocycles. The number of hydrogen-bond donors (Lipinski definition) is 3. The molecule has 108 valence electrons. The molecule has 0 heterocycles. The predicted octanol–water partition coefficient (Wildman–Crippen LogP) is 2.98. The maximum absolute atomic E-state index is 13.7. The molecule has 0 radical (unpaired) electrons. The molecule has 0 bridgehead atoms. The van der Waals surface area contributed by atoms with Crippen molar-refractivity contribution in [1.29, 1.82) is 0 Å². The fraction of sp³-hybridized carbons (Fsp3) is 0.429. The lowest BCUT2D eigenvalue weighted by Gasteiger charge is -2.25. The largest absolute Gasteiger partial charge is 0.478 e. The highest BCUT2D eigenvalue weighted by atomic mass is 19.1. The SMILES string of the molecule is CC1(NC(=O)Nc2c(F)cccc2C(=O)O)CCCC1. The molecule has 1 aromatic rings. The molecular weight excluding hydrogens is 263 g/mol. The zero-order valence-electron chi connectivity index (χ0n) is 11.2. The average Bonchev–Trinajstić information content (AvgIpc) is 2.77. The first-order valence-corrected chi connectivity index (χ1v) is 6.52. The standard InChI is InChI=1S/C14H17FN2O3/c1-14(7-2-3-8-14)17-13(20)16-11-9(12(18)19)5-4-6-10(11)15/h4-6H,2-3,7-8H2,1H3,(H,18,19)(H2,16,17,20). The highest BCUT2D eigenvalue weighted by Crippen LogP contribution is 2.29. The van der Waals surface area contributed by atoms with Gasteiger partial charge in [-0.25, -0.2) is 14.0 Å². The van der Waals surface area contributed by atoms with Crippen LogP contribution in [0.15, 0.2) is 18.2 Å². The predicted molar refractivity (Wildman–Crippen MR) is 72.4 cm³/mol. The Kier molecular flexibility index (Phi) is 3.92. The molecule has 1 saturated carbocycles. The van der Waals surface area contributed by atoms with Crippen molar-refractivity contribution in [3.05, 3.63) is 29.6 Å². The van der Waals surface area contributed by atoms with E-state index in [1.54, 1.807) is 0 Å². The summed E-state index contributed by atoms with van der Waals surface area (Å²) in [5, 5.41) is 14.1. The average molecular weight is 280 g/mol. The number of carboxylic acids is 1. The van der Waals surface area contributed by atoms with Gasteiger partial charge < -0.3 is 15.7 Å². The molecule has 3 N–H and O–H groups in total. The van der Waals surface area contributed by atoms with E-state index < -0.39 is 17.8 Å². The summed E-state index contributed by atoms with van der Waals surface area (Å²) < 4.78 is 13.7. The minimum absolute atomic E-state index is 0.267.